The summed E-state index contributed by atoms with van der Waals surface area (Å²) < 4.78 is 40.5. The van der Waals surface area contributed by atoms with Gasteiger partial charge >= 0.3 is 6.18 Å². The summed E-state index contributed by atoms with van der Waals surface area (Å²) in [5.74, 6) is -0.542. The molecule has 0 bridgehead atoms. The van der Waals surface area contributed by atoms with E-state index < -0.39 is 17.6 Å². The number of aryl methyl sites for hydroxylation is 3. The fraction of sp³-hybridized carbons (Fsp3) is 0.263. The molecule has 1 amide bonds. The number of benzene rings is 1. The zero-order valence-electron chi connectivity index (χ0n) is 14.9. The van der Waals surface area contributed by atoms with Crippen LogP contribution in [-0.4, -0.2) is 15.3 Å². The van der Waals surface area contributed by atoms with Gasteiger partial charge in [0.05, 0.1) is 16.3 Å². The number of nitrogens with one attached hydrogen (secondary N) is 1. The number of amides is 1. The lowest BCUT2D eigenvalue weighted by atomic mass is 10.1. The molecule has 8 heteroatoms. The van der Waals surface area contributed by atoms with Crippen LogP contribution in [0.1, 0.15) is 39.8 Å². The van der Waals surface area contributed by atoms with Crippen LogP contribution in [0, 0.1) is 13.8 Å². The molecule has 0 aliphatic rings. The van der Waals surface area contributed by atoms with E-state index in [0.29, 0.717) is 17.8 Å². The van der Waals surface area contributed by atoms with Crippen LogP contribution in [0.15, 0.2) is 30.5 Å². The minimum Gasteiger partial charge on any atom is -0.320 e. The molecular formula is C19H17ClF3N3O. The Morgan fingerprint density at radius 2 is 2.00 bits per heavy atom. The maximum atomic E-state index is 13.1. The largest absolute Gasteiger partial charge is 0.417 e. The number of imidazole rings is 1. The Balaban J connectivity index is 2.13. The highest BCUT2D eigenvalue weighted by molar-refractivity contribution is 6.33. The number of halogens is 4. The van der Waals surface area contributed by atoms with Crippen molar-refractivity contribution in [3.8, 4) is 0 Å². The number of hydrogen-bond donors (Lipinski definition) is 1. The molecule has 27 heavy (non-hydrogen) atoms. The fourth-order valence-corrected chi connectivity index (χ4v) is 3.27. The van der Waals surface area contributed by atoms with E-state index in [1.807, 2.05) is 32.0 Å². The summed E-state index contributed by atoms with van der Waals surface area (Å²) >= 11 is 5.98. The van der Waals surface area contributed by atoms with Crippen molar-refractivity contribution in [3.05, 3.63) is 63.6 Å². The van der Waals surface area contributed by atoms with E-state index in [9.17, 15) is 18.0 Å². The van der Waals surface area contributed by atoms with E-state index in [-0.39, 0.29) is 16.4 Å². The first kappa shape index (κ1) is 19.2. The summed E-state index contributed by atoms with van der Waals surface area (Å²) in [6.07, 6.45) is -3.04. The lowest BCUT2D eigenvalue weighted by Crippen LogP contribution is -2.18. The van der Waals surface area contributed by atoms with Gasteiger partial charge in [0.2, 0.25) is 0 Å². The second kappa shape index (κ2) is 6.88. The summed E-state index contributed by atoms with van der Waals surface area (Å²) in [6.45, 7) is 5.37. The lowest BCUT2D eigenvalue weighted by molar-refractivity contribution is -0.137. The van der Waals surface area contributed by atoms with E-state index in [1.165, 1.54) is 0 Å². The topological polar surface area (TPSA) is 46.4 Å². The number of carbonyl (C=O) groups excluding carboxylic acids is 1. The van der Waals surface area contributed by atoms with Crippen LogP contribution in [-0.2, 0) is 12.6 Å². The van der Waals surface area contributed by atoms with E-state index in [1.54, 1.807) is 6.92 Å². The molecule has 0 aliphatic heterocycles. The number of aromatic nitrogens is 2. The minimum atomic E-state index is -4.59. The molecule has 0 fully saturated rings. The van der Waals surface area contributed by atoms with Crippen molar-refractivity contribution >= 4 is 28.8 Å². The molecule has 0 spiro atoms. The van der Waals surface area contributed by atoms with Crippen LogP contribution in [0.25, 0.3) is 5.65 Å². The molecule has 0 atom stereocenters. The number of nitrogens with zero attached hydrogens (tertiary/aromatic N) is 2. The Kier molecular flexibility index (Phi) is 4.90. The molecule has 0 saturated heterocycles. The van der Waals surface area contributed by atoms with E-state index in [2.05, 4.69) is 10.3 Å². The van der Waals surface area contributed by atoms with Crippen LogP contribution in [0.2, 0.25) is 5.02 Å². The summed E-state index contributed by atoms with van der Waals surface area (Å²) in [6, 6.07) is 6.44. The van der Waals surface area contributed by atoms with E-state index in [4.69, 9.17) is 11.6 Å². The molecule has 4 nitrogen and oxygen atoms in total. The number of fused-ring (bicyclic) bond motifs is 1. The summed E-state index contributed by atoms with van der Waals surface area (Å²) in [5.41, 5.74) is 1.91. The Morgan fingerprint density at radius 1 is 1.30 bits per heavy atom. The Morgan fingerprint density at radius 3 is 2.63 bits per heavy atom. The Bertz CT molecular complexity index is 1040. The van der Waals surface area contributed by atoms with E-state index >= 15 is 0 Å². The lowest BCUT2D eigenvalue weighted by Gasteiger charge is -2.14. The van der Waals surface area contributed by atoms with Crippen LogP contribution in [0.5, 0.6) is 0 Å². The molecule has 2 heterocycles. The molecule has 0 aliphatic carbocycles. The predicted octanol–water partition coefficient (Wildman–Crippen LogP) is 5.44. The van der Waals surface area contributed by atoms with Crippen LogP contribution >= 0.6 is 11.6 Å². The van der Waals surface area contributed by atoms with Gasteiger partial charge in [0.15, 0.2) is 5.65 Å². The molecule has 3 aromatic rings. The van der Waals surface area contributed by atoms with Crippen molar-refractivity contribution < 1.29 is 18.0 Å². The van der Waals surface area contributed by atoms with Crippen LogP contribution < -0.4 is 5.32 Å². The monoisotopic (exact) mass is 395 g/mol. The maximum Gasteiger partial charge on any atom is 0.417 e. The standard InChI is InChI=1S/C19H17ClF3N3O/c1-4-12-7-5-6-10(2)15(12)25-18(27)16-11(3)24-17-14(20)8-13(9-26(16)17)19(21,22)23/h5-9H,4H2,1-3H3,(H,25,27). The number of hydrogen-bond acceptors (Lipinski definition) is 2. The molecular weight excluding hydrogens is 379 g/mol. The predicted molar refractivity (Wildman–Crippen MR) is 98.5 cm³/mol. The van der Waals surface area contributed by atoms with Gasteiger partial charge in [-0.05, 0) is 37.5 Å². The Hall–Kier alpha value is -2.54. The first-order chi connectivity index (χ1) is 12.6. The fourth-order valence-electron chi connectivity index (χ4n) is 3.02. The molecule has 0 radical (unpaired) electrons. The summed E-state index contributed by atoms with van der Waals surface area (Å²) in [5, 5.41) is 2.65. The number of rotatable bonds is 3. The van der Waals surface area contributed by atoms with Gasteiger partial charge in [-0.1, -0.05) is 36.7 Å². The van der Waals surface area contributed by atoms with Crippen LogP contribution in [0.3, 0.4) is 0 Å². The van der Waals surface area contributed by atoms with Crippen molar-refractivity contribution in [3.63, 3.8) is 0 Å². The molecule has 3 rings (SSSR count). The van der Waals surface area contributed by atoms with Crippen molar-refractivity contribution in [2.75, 3.05) is 5.32 Å². The highest BCUT2D eigenvalue weighted by Crippen LogP contribution is 2.33. The van der Waals surface area contributed by atoms with Crippen molar-refractivity contribution in [1.82, 2.24) is 9.38 Å². The zero-order valence-corrected chi connectivity index (χ0v) is 15.7. The number of pyridine rings is 1. The maximum absolute atomic E-state index is 13.1. The average molecular weight is 396 g/mol. The average Bonchev–Trinajstić information content (AvgIpc) is 2.92. The molecule has 2 aromatic heterocycles. The number of anilines is 1. The second-order valence-electron chi connectivity index (χ2n) is 6.23. The number of para-hydroxylation sites is 1. The SMILES string of the molecule is CCc1cccc(C)c1NC(=O)c1c(C)nc2c(Cl)cc(C(F)(F)F)cn12. The third kappa shape index (κ3) is 3.51. The zero-order chi connectivity index (χ0) is 19.9. The van der Waals surface area contributed by atoms with Gasteiger partial charge in [-0.2, -0.15) is 13.2 Å². The first-order valence-corrected chi connectivity index (χ1v) is 8.66. The van der Waals surface area contributed by atoms with Gasteiger partial charge in [0.25, 0.3) is 5.91 Å². The van der Waals surface area contributed by atoms with Gasteiger partial charge in [-0.15, -0.1) is 0 Å². The minimum absolute atomic E-state index is 0.0170. The van der Waals surface area contributed by atoms with Gasteiger partial charge in [0.1, 0.15) is 5.69 Å². The van der Waals surface area contributed by atoms with Gasteiger partial charge in [-0.25, -0.2) is 4.98 Å². The van der Waals surface area contributed by atoms with Crippen LogP contribution in [0.4, 0.5) is 18.9 Å². The van der Waals surface area contributed by atoms with Gasteiger partial charge in [0, 0.05) is 11.9 Å². The molecule has 1 aromatic carbocycles. The molecule has 1 N–H and O–H groups in total. The highest BCUT2D eigenvalue weighted by atomic mass is 35.5. The number of alkyl halides is 3. The van der Waals surface area contributed by atoms with Crippen molar-refractivity contribution in [1.29, 1.82) is 0 Å². The molecule has 0 unspecified atom stereocenters. The molecule has 0 saturated carbocycles. The van der Waals surface area contributed by atoms with Crippen molar-refractivity contribution in [2.45, 2.75) is 33.4 Å². The van der Waals surface area contributed by atoms with Gasteiger partial charge in [-0.3, -0.25) is 9.20 Å². The second-order valence-corrected chi connectivity index (χ2v) is 6.64. The smallest absolute Gasteiger partial charge is 0.320 e. The van der Waals surface area contributed by atoms with E-state index in [0.717, 1.165) is 27.8 Å². The summed E-state index contributed by atoms with van der Waals surface area (Å²) in [7, 11) is 0. The first-order valence-electron chi connectivity index (χ1n) is 8.28. The third-order valence-electron chi connectivity index (χ3n) is 4.37. The molecule has 142 valence electrons. The van der Waals surface area contributed by atoms with Crippen molar-refractivity contribution in [2.24, 2.45) is 0 Å². The van der Waals surface area contributed by atoms with Gasteiger partial charge < -0.3 is 5.32 Å². The number of carbonyl (C=O) groups is 1. The Labute approximate surface area is 159 Å². The summed E-state index contributed by atoms with van der Waals surface area (Å²) in [4.78, 5) is 17.1. The normalized spacial score (nSPS) is 11.8. The highest BCUT2D eigenvalue weighted by Gasteiger charge is 2.33. The quantitative estimate of drug-likeness (QED) is 0.642. The third-order valence-corrected chi connectivity index (χ3v) is 4.65.